The number of aromatic amines is 1. The van der Waals surface area contributed by atoms with Crippen molar-refractivity contribution >= 4 is 50.2 Å². The Balaban J connectivity index is 1.92. The molecule has 2 aromatic carbocycles. The highest BCUT2D eigenvalue weighted by Crippen LogP contribution is 2.24. The summed E-state index contributed by atoms with van der Waals surface area (Å²) in [5, 5.41) is 11.2. The number of nitrogens with zero attached hydrogens (tertiary/aromatic N) is 1. The molecule has 1 aromatic heterocycles. The van der Waals surface area contributed by atoms with Crippen LogP contribution in [0, 0.1) is 0 Å². The Morgan fingerprint density at radius 2 is 2.05 bits per heavy atom. The quantitative estimate of drug-likeness (QED) is 0.726. The maximum absolute atomic E-state index is 12.2. The fourth-order valence-corrected chi connectivity index (χ4v) is 2.77. The molecule has 0 aliphatic heterocycles. The Labute approximate surface area is 128 Å². The summed E-state index contributed by atoms with van der Waals surface area (Å²) in [4.78, 5) is 12.2. The van der Waals surface area contributed by atoms with Crippen LogP contribution in [0.1, 0.15) is 10.4 Å². The molecule has 0 bridgehead atoms. The topological polar surface area (TPSA) is 57.8 Å². The van der Waals surface area contributed by atoms with Gasteiger partial charge >= 0.3 is 0 Å². The number of nitrogens with one attached hydrogen (secondary N) is 2. The third-order valence-corrected chi connectivity index (χ3v) is 3.77. The third kappa shape index (κ3) is 2.42. The average Bonchev–Trinajstić information content (AvgIpc) is 2.82. The summed E-state index contributed by atoms with van der Waals surface area (Å²) in [6.07, 6.45) is 0. The highest BCUT2D eigenvalue weighted by molar-refractivity contribution is 9.10. The first-order valence-electron chi connectivity index (χ1n) is 5.84. The summed E-state index contributed by atoms with van der Waals surface area (Å²) in [6, 6.07) is 12.6. The van der Waals surface area contributed by atoms with E-state index in [-0.39, 0.29) is 5.91 Å². The fourth-order valence-electron chi connectivity index (χ4n) is 1.91. The molecule has 0 fully saturated rings. The van der Waals surface area contributed by atoms with E-state index in [9.17, 15) is 4.79 Å². The molecule has 20 heavy (non-hydrogen) atoms. The number of amides is 1. The number of fused-ring (bicyclic) bond motifs is 1. The number of hydrogen-bond donors (Lipinski definition) is 2. The van der Waals surface area contributed by atoms with E-state index in [1.165, 1.54) is 0 Å². The summed E-state index contributed by atoms with van der Waals surface area (Å²) < 4.78 is 0.641. The van der Waals surface area contributed by atoms with Gasteiger partial charge in [0.2, 0.25) is 0 Å². The summed E-state index contributed by atoms with van der Waals surface area (Å²) in [5.41, 5.74) is 1.37. The maximum Gasteiger partial charge on any atom is 0.258 e. The minimum absolute atomic E-state index is 0.245. The molecule has 6 heteroatoms. The van der Waals surface area contributed by atoms with E-state index in [1.807, 2.05) is 24.3 Å². The minimum atomic E-state index is -0.245. The van der Waals surface area contributed by atoms with Crippen molar-refractivity contribution in [3.05, 3.63) is 57.5 Å². The first-order valence-corrected chi connectivity index (χ1v) is 7.02. The van der Waals surface area contributed by atoms with Gasteiger partial charge in [-0.1, -0.05) is 23.7 Å². The van der Waals surface area contributed by atoms with Crippen LogP contribution in [0.5, 0.6) is 0 Å². The highest BCUT2D eigenvalue weighted by Gasteiger charge is 2.13. The number of carbonyl (C=O) groups is 1. The largest absolute Gasteiger partial charge is 0.305 e. The molecule has 1 amide bonds. The number of benzene rings is 2. The molecule has 0 saturated heterocycles. The molecule has 1 heterocycles. The van der Waals surface area contributed by atoms with Crippen molar-refractivity contribution in [1.29, 1.82) is 0 Å². The summed E-state index contributed by atoms with van der Waals surface area (Å²) in [5.74, 6) is 0.262. The van der Waals surface area contributed by atoms with Gasteiger partial charge in [-0.15, -0.1) is 0 Å². The van der Waals surface area contributed by atoms with Gasteiger partial charge in [-0.2, -0.15) is 5.10 Å². The Morgan fingerprint density at radius 3 is 2.85 bits per heavy atom. The second kappa shape index (κ2) is 5.26. The van der Waals surface area contributed by atoms with Crippen LogP contribution >= 0.6 is 27.5 Å². The van der Waals surface area contributed by atoms with Crippen molar-refractivity contribution < 1.29 is 4.79 Å². The molecule has 4 nitrogen and oxygen atoms in total. The van der Waals surface area contributed by atoms with Crippen LogP contribution in [-0.4, -0.2) is 16.1 Å². The Hall–Kier alpha value is -1.85. The van der Waals surface area contributed by atoms with E-state index in [2.05, 4.69) is 31.4 Å². The summed E-state index contributed by atoms with van der Waals surface area (Å²) >= 11 is 9.19. The number of rotatable bonds is 2. The molecule has 100 valence electrons. The first-order chi connectivity index (χ1) is 9.65. The lowest BCUT2D eigenvalue weighted by Gasteiger charge is -2.05. The van der Waals surface area contributed by atoms with Crippen LogP contribution in [0.3, 0.4) is 0 Å². The van der Waals surface area contributed by atoms with E-state index >= 15 is 0 Å². The number of halogens is 2. The van der Waals surface area contributed by atoms with Gasteiger partial charge in [0.15, 0.2) is 5.82 Å². The normalized spacial score (nSPS) is 10.7. The zero-order chi connectivity index (χ0) is 14.1. The molecule has 0 unspecified atom stereocenters. The van der Waals surface area contributed by atoms with Crippen molar-refractivity contribution in [2.45, 2.75) is 0 Å². The van der Waals surface area contributed by atoms with Crippen LogP contribution in [0.2, 0.25) is 5.02 Å². The molecular formula is C14H9BrClN3O. The van der Waals surface area contributed by atoms with Gasteiger partial charge in [-0.05, 0) is 46.3 Å². The second-order valence-corrected chi connectivity index (χ2v) is 5.49. The fraction of sp³-hybridized carbons (Fsp3) is 0. The van der Waals surface area contributed by atoms with Crippen LogP contribution in [0.4, 0.5) is 5.82 Å². The molecular weight excluding hydrogens is 342 g/mol. The van der Waals surface area contributed by atoms with Gasteiger partial charge in [0, 0.05) is 14.9 Å². The van der Waals surface area contributed by atoms with Gasteiger partial charge < -0.3 is 5.32 Å². The van der Waals surface area contributed by atoms with Gasteiger partial charge in [-0.3, -0.25) is 9.89 Å². The molecule has 2 N–H and O–H groups in total. The van der Waals surface area contributed by atoms with Crippen LogP contribution in [0.15, 0.2) is 46.9 Å². The highest BCUT2D eigenvalue weighted by atomic mass is 79.9. The standard InChI is InChI=1S/C14H9BrClN3O/c15-11-7-8(16)5-6-9(11)14(20)17-13-10-3-1-2-4-12(10)18-19-13/h1-7H,(H2,17,18,19,20). The SMILES string of the molecule is O=C(Nc1n[nH]c2ccccc12)c1ccc(Cl)cc1Br. The maximum atomic E-state index is 12.2. The Kier molecular flexibility index (Phi) is 3.46. The second-order valence-electron chi connectivity index (χ2n) is 4.20. The zero-order valence-electron chi connectivity index (χ0n) is 10.2. The smallest absolute Gasteiger partial charge is 0.258 e. The molecule has 0 spiro atoms. The molecule has 0 saturated carbocycles. The Morgan fingerprint density at radius 1 is 1.25 bits per heavy atom. The minimum Gasteiger partial charge on any atom is -0.305 e. The predicted octanol–water partition coefficient (Wildman–Crippen LogP) is 4.23. The van der Waals surface area contributed by atoms with E-state index in [0.717, 1.165) is 10.9 Å². The monoisotopic (exact) mass is 349 g/mol. The number of aromatic nitrogens is 2. The van der Waals surface area contributed by atoms with Crippen LogP contribution < -0.4 is 5.32 Å². The number of para-hydroxylation sites is 1. The molecule has 3 aromatic rings. The molecule has 3 rings (SSSR count). The number of hydrogen-bond acceptors (Lipinski definition) is 2. The van der Waals surface area contributed by atoms with E-state index in [4.69, 9.17) is 11.6 Å². The van der Waals surface area contributed by atoms with Gasteiger partial charge in [0.25, 0.3) is 5.91 Å². The van der Waals surface area contributed by atoms with Crippen molar-refractivity contribution in [3.63, 3.8) is 0 Å². The number of anilines is 1. The number of H-pyrrole nitrogens is 1. The lowest BCUT2D eigenvalue weighted by atomic mass is 10.2. The van der Waals surface area contributed by atoms with Crippen molar-refractivity contribution in [2.24, 2.45) is 0 Å². The summed E-state index contributed by atoms with van der Waals surface area (Å²) in [7, 11) is 0. The predicted molar refractivity (Wildman–Crippen MR) is 83.2 cm³/mol. The summed E-state index contributed by atoms with van der Waals surface area (Å²) in [6.45, 7) is 0. The third-order valence-electron chi connectivity index (χ3n) is 2.88. The van der Waals surface area contributed by atoms with Crippen molar-refractivity contribution in [1.82, 2.24) is 10.2 Å². The molecule has 0 aliphatic carbocycles. The van der Waals surface area contributed by atoms with Crippen molar-refractivity contribution in [2.75, 3.05) is 5.32 Å². The number of carbonyl (C=O) groups excluding carboxylic acids is 1. The van der Waals surface area contributed by atoms with Crippen LogP contribution in [0.25, 0.3) is 10.9 Å². The van der Waals surface area contributed by atoms with Gasteiger partial charge in [-0.25, -0.2) is 0 Å². The molecule has 0 radical (unpaired) electrons. The van der Waals surface area contributed by atoms with E-state index < -0.39 is 0 Å². The van der Waals surface area contributed by atoms with Gasteiger partial charge in [0.05, 0.1) is 11.1 Å². The first kappa shape index (κ1) is 13.1. The average molecular weight is 351 g/mol. The van der Waals surface area contributed by atoms with E-state index in [1.54, 1.807) is 18.2 Å². The van der Waals surface area contributed by atoms with Crippen molar-refractivity contribution in [3.8, 4) is 0 Å². The lowest BCUT2D eigenvalue weighted by Crippen LogP contribution is -2.13. The van der Waals surface area contributed by atoms with E-state index in [0.29, 0.717) is 20.9 Å². The lowest BCUT2D eigenvalue weighted by molar-refractivity contribution is 0.102. The zero-order valence-corrected chi connectivity index (χ0v) is 12.5. The Bertz CT molecular complexity index is 800. The van der Waals surface area contributed by atoms with Crippen LogP contribution in [-0.2, 0) is 0 Å². The van der Waals surface area contributed by atoms with Gasteiger partial charge in [0.1, 0.15) is 0 Å². The molecule has 0 aliphatic rings. The molecule has 0 atom stereocenters.